The van der Waals surface area contributed by atoms with Crippen LogP contribution in [-0.4, -0.2) is 41.7 Å². The molecular weight excluding hydrogens is 312 g/mol. The highest BCUT2D eigenvalue weighted by Crippen LogP contribution is 2.20. The van der Waals surface area contributed by atoms with Gasteiger partial charge in [0.1, 0.15) is 5.84 Å². The van der Waals surface area contributed by atoms with Crippen LogP contribution in [-0.2, 0) is 11.2 Å². The lowest BCUT2D eigenvalue weighted by atomic mass is 10.1. The normalized spacial score (nSPS) is 21.9. The molecule has 2 aliphatic rings. The van der Waals surface area contributed by atoms with E-state index < -0.39 is 0 Å². The SMILES string of the molecule is CCCCCCCCN1C=NC2C(=O)NC(Cc3ccccc3)=NC21. The van der Waals surface area contributed by atoms with Gasteiger partial charge in [-0.15, -0.1) is 0 Å². The number of carbonyl (C=O) groups excluding carboxylic acids is 1. The lowest BCUT2D eigenvalue weighted by Crippen LogP contribution is -2.51. The highest BCUT2D eigenvalue weighted by atomic mass is 16.2. The molecule has 0 fully saturated rings. The Morgan fingerprint density at radius 2 is 1.84 bits per heavy atom. The van der Waals surface area contributed by atoms with E-state index in [1.165, 1.54) is 32.1 Å². The Bertz CT molecular complexity index is 626. The van der Waals surface area contributed by atoms with E-state index in [1.54, 1.807) is 0 Å². The van der Waals surface area contributed by atoms with Crippen molar-refractivity contribution in [1.82, 2.24) is 10.2 Å². The Balaban J connectivity index is 1.55. The number of benzene rings is 1. The number of aliphatic imine (C=N–C) groups is 2. The molecule has 0 saturated heterocycles. The number of fused-ring (bicyclic) bond motifs is 1. The molecule has 2 aliphatic heterocycles. The summed E-state index contributed by atoms with van der Waals surface area (Å²) in [4.78, 5) is 23.6. The number of hydrogen-bond donors (Lipinski definition) is 1. The van der Waals surface area contributed by atoms with Crippen LogP contribution in [0.5, 0.6) is 0 Å². The van der Waals surface area contributed by atoms with Gasteiger partial charge in [0.15, 0.2) is 12.2 Å². The maximum atomic E-state index is 12.3. The maximum absolute atomic E-state index is 12.3. The van der Waals surface area contributed by atoms with Gasteiger partial charge in [-0.3, -0.25) is 9.79 Å². The number of nitrogens with one attached hydrogen (secondary N) is 1. The highest BCUT2D eigenvalue weighted by Gasteiger charge is 2.39. The Labute approximate surface area is 150 Å². The standard InChI is InChI=1S/C20H28N4O/c1-2-3-4-5-6-10-13-24-15-21-18-19(24)22-17(23-20(18)25)14-16-11-8-7-9-12-16/h7-9,11-12,15,18-19H,2-6,10,13-14H2,1H3,(H,22,23,25). The van der Waals surface area contributed by atoms with Crippen LogP contribution in [0.1, 0.15) is 51.0 Å². The van der Waals surface area contributed by atoms with E-state index in [9.17, 15) is 4.79 Å². The predicted molar refractivity (Wildman–Crippen MR) is 102 cm³/mol. The van der Waals surface area contributed by atoms with Gasteiger partial charge in [-0.05, 0) is 12.0 Å². The number of rotatable bonds is 9. The number of amidine groups is 1. The maximum Gasteiger partial charge on any atom is 0.254 e. The van der Waals surface area contributed by atoms with Gasteiger partial charge in [0, 0.05) is 13.0 Å². The Morgan fingerprint density at radius 1 is 1.08 bits per heavy atom. The Morgan fingerprint density at radius 3 is 2.64 bits per heavy atom. The molecule has 25 heavy (non-hydrogen) atoms. The summed E-state index contributed by atoms with van der Waals surface area (Å²) in [7, 11) is 0. The molecule has 1 amide bonds. The first-order chi connectivity index (χ1) is 12.3. The van der Waals surface area contributed by atoms with Gasteiger partial charge in [0.25, 0.3) is 5.91 Å². The van der Waals surface area contributed by atoms with Crippen molar-refractivity contribution in [3.8, 4) is 0 Å². The lowest BCUT2D eigenvalue weighted by molar-refractivity contribution is -0.122. The van der Waals surface area contributed by atoms with E-state index in [1.807, 2.05) is 24.5 Å². The highest BCUT2D eigenvalue weighted by molar-refractivity contribution is 6.04. The molecule has 0 spiro atoms. The molecule has 5 nitrogen and oxygen atoms in total. The first-order valence-electron chi connectivity index (χ1n) is 9.48. The van der Waals surface area contributed by atoms with Crippen molar-refractivity contribution in [3.63, 3.8) is 0 Å². The third-order valence-corrected chi connectivity index (χ3v) is 4.81. The molecule has 5 heteroatoms. The van der Waals surface area contributed by atoms with E-state index >= 15 is 0 Å². The second kappa shape index (κ2) is 8.79. The number of amides is 1. The summed E-state index contributed by atoms with van der Waals surface area (Å²) in [5.41, 5.74) is 1.15. The van der Waals surface area contributed by atoms with Crippen LogP contribution in [0.4, 0.5) is 0 Å². The van der Waals surface area contributed by atoms with E-state index in [2.05, 4.69) is 34.3 Å². The summed E-state index contributed by atoms with van der Waals surface area (Å²) in [5, 5.41) is 2.92. The summed E-state index contributed by atoms with van der Waals surface area (Å²) < 4.78 is 0. The van der Waals surface area contributed by atoms with Gasteiger partial charge in [0.05, 0.1) is 6.34 Å². The van der Waals surface area contributed by atoms with Crippen LogP contribution < -0.4 is 5.32 Å². The van der Waals surface area contributed by atoms with Crippen molar-refractivity contribution in [1.29, 1.82) is 0 Å². The fourth-order valence-corrected chi connectivity index (χ4v) is 3.38. The van der Waals surface area contributed by atoms with Gasteiger partial charge in [-0.25, -0.2) is 4.99 Å². The summed E-state index contributed by atoms with van der Waals surface area (Å²) >= 11 is 0. The molecule has 1 aromatic rings. The van der Waals surface area contributed by atoms with E-state index in [-0.39, 0.29) is 18.1 Å². The van der Waals surface area contributed by atoms with Crippen LogP contribution in [0.25, 0.3) is 0 Å². The zero-order valence-corrected chi connectivity index (χ0v) is 15.0. The van der Waals surface area contributed by atoms with E-state index in [4.69, 9.17) is 4.99 Å². The fraction of sp³-hybridized carbons (Fsp3) is 0.550. The molecule has 3 rings (SSSR count). The topological polar surface area (TPSA) is 57.1 Å². The lowest BCUT2D eigenvalue weighted by Gasteiger charge is -2.29. The molecule has 0 saturated carbocycles. The van der Waals surface area contributed by atoms with Gasteiger partial charge in [0.2, 0.25) is 0 Å². The second-order valence-electron chi connectivity index (χ2n) is 6.86. The monoisotopic (exact) mass is 340 g/mol. The van der Waals surface area contributed by atoms with Gasteiger partial charge >= 0.3 is 0 Å². The summed E-state index contributed by atoms with van der Waals surface area (Å²) in [6.45, 7) is 3.16. The van der Waals surface area contributed by atoms with E-state index in [0.29, 0.717) is 6.42 Å². The molecule has 0 aliphatic carbocycles. The number of unbranched alkanes of at least 4 members (excludes halogenated alkanes) is 5. The van der Waals surface area contributed by atoms with Crippen LogP contribution >= 0.6 is 0 Å². The molecule has 134 valence electrons. The summed E-state index contributed by atoms with van der Waals surface area (Å²) in [5.74, 6) is 0.712. The van der Waals surface area contributed by atoms with Crippen molar-refractivity contribution in [2.45, 2.75) is 64.1 Å². The van der Waals surface area contributed by atoms with Gasteiger partial charge in [-0.1, -0.05) is 69.4 Å². The smallest absolute Gasteiger partial charge is 0.254 e. The zero-order chi connectivity index (χ0) is 17.5. The molecule has 0 bridgehead atoms. The molecule has 2 atom stereocenters. The Hall–Kier alpha value is -2.17. The van der Waals surface area contributed by atoms with Gasteiger partial charge < -0.3 is 10.2 Å². The average Bonchev–Trinajstić information content (AvgIpc) is 3.02. The molecule has 1 aromatic carbocycles. The van der Waals surface area contributed by atoms with Crippen molar-refractivity contribution >= 4 is 18.1 Å². The van der Waals surface area contributed by atoms with Crippen molar-refractivity contribution in [3.05, 3.63) is 35.9 Å². The largest absolute Gasteiger partial charge is 0.339 e. The summed E-state index contributed by atoms with van der Waals surface area (Å²) in [6.07, 6.45) is 9.87. The quantitative estimate of drug-likeness (QED) is 0.702. The molecule has 0 radical (unpaired) electrons. The summed E-state index contributed by atoms with van der Waals surface area (Å²) in [6, 6.07) is 9.73. The van der Waals surface area contributed by atoms with Crippen molar-refractivity contribution < 1.29 is 4.79 Å². The number of carbonyl (C=O) groups is 1. The Kier molecular flexibility index (Phi) is 6.20. The number of hydrogen-bond acceptors (Lipinski definition) is 4. The first-order valence-corrected chi connectivity index (χ1v) is 9.48. The van der Waals surface area contributed by atoms with Crippen molar-refractivity contribution in [2.75, 3.05) is 6.54 Å². The first kappa shape index (κ1) is 17.6. The minimum absolute atomic E-state index is 0.0346. The molecular formula is C20H28N4O. The molecule has 0 aromatic heterocycles. The van der Waals surface area contributed by atoms with Crippen LogP contribution in [0.3, 0.4) is 0 Å². The van der Waals surface area contributed by atoms with Crippen LogP contribution in [0.15, 0.2) is 40.3 Å². The fourth-order valence-electron chi connectivity index (χ4n) is 3.38. The van der Waals surface area contributed by atoms with Gasteiger partial charge in [-0.2, -0.15) is 0 Å². The minimum Gasteiger partial charge on any atom is -0.339 e. The molecule has 2 heterocycles. The number of nitrogens with zero attached hydrogens (tertiary/aromatic N) is 3. The van der Waals surface area contributed by atoms with Crippen LogP contribution in [0, 0.1) is 0 Å². The van der Waals surface area contributed by atoms with Crippen LogP contribution in [0.2, 0.25) is 0 Å². The molecule has 1 N–H and O–H groups in total. The molecule has 2 unspecified atom stereocenters. The predicted octanol–water partition coefficient (Wildman–Crippen LogP) is 3.16. The minimum atomic E-state index is -0.389. The zero-order valence-electron chi connectivity index (χ0n) is 15.0. The van der Waals surface area contributed by atoms with Crippen molar-refractivity contribution in [2.24, 2.45) is 9.98 Å². The third kappa shape index (κ3) is 4.68. The average molecular weight is 340 g/mol. The van der Waals surface area contributed by atoms with E-state index in [0.717, 1.165) is 24.4 Å². The second-order valence-corrected chi connectivity index (χ2v) is 6.86. The third-order valence-electron chi connectivity index (χ3n) is 4.81.